The smallest absolute Gasteiger partial charge is 0.0698 e. The number of methoxy groups -OCH3 is 1. The zero-order chi connectivity index (χ0) is 12.1. The third-order valence-corrected chi connectivity index (χ3v) is 3.38. The maximum Gasteiger partial charge on any atom is 0.0698 e. The Morgan fingerprint density at radius 2 is 2.47 bits per heavy atom. The molecular formula is C13H23N3O. The lowest BCUT2D eigenvalue weighted by Crippen LogP contribution is -2.38. The predicted molar refractivity (Wildman–Crippen MR) is 67.9 cm³/mol. The molecule has 96 valence electrons. The normalized spacial score (nSPS) is 21.9. The first kappa shape index (κ1) is 12.6. The van der Waals surface area contributed by atoms with Crippen molar-refractivity contribution in [3.05, 3.63) is 17.5 Å². The number of nitrogens with zero attached hydrogens (tertiary/aromatic N) is 2. The second kappa shape index (κ2) is 6.17. The van der Waals surface area contributed by atoms with Crippen LogP contribution in [0.4, 0.5) is 0 Å². The van der Waals surface area contributed by atoms with Gasteiger partial charge in [-0.15, -0.1) is 0 Å². The summed E-state index contributed by atoms with van der Waals surface area (Å²) in [7, 11) is 1.81. The molecule has 0 aromatic carbocycles. The minimum absolute atomic E-state index is 0.404. The van der Waals surface area contributed by atoms with Crippen molar-refractivity contribution in [2.45, 2.75) is 45.3 Å². The average molecular weight is 237 g/mol. The molecule has 2 rings (SSSR count). The van der Waals surface area contributed by atoms with Crippen LogP contribution in [0, 0.1) is 0 Å². The van der Waals surface area contributed by atoms with E-state index in [1.807, 2.05) is 7.11 Å². The zero-order valence-electron chi connectivity index (χ0n) is 10.9. The van der Waals surface area contributed by atoms with Crippen molar-refractivity contribution >= 4 is 0 Å². The van der Waals surface area contributed by atoms with E-state index in [0.717, 1.165) is 25.9 Å². The fourth-order valence-corrected chi connectivity index (χ4v) is 2.46. The maximum absolute atomic E-state index is 5.44. The molecular weight excluding hydrogens is 214 g/mol. The van der Waals surface area contributed by atoms with E-state index in [1.54, 1.807) is 0 Å². The van der Waals surface area contributed by atoms with Crippen molar-refractivity contribution < 1.29 is 4.74 Å². The fourth-order valence-electron chi connectivity index (χ4n) is 2.46. The van der Waals surface area contributed by atoms with Crippen molar-refractivity contribution in [1.29, 1.82) is 0 Å². The number of aryl methyl sites for hydroxylation is 1. The lowest BCUT2D eigenvalue weighted by atomic mass is 10.1. The third-order valence-electron chi connectivity index (χ3n) is 3.38. The Labute approximate surface area is 103 Å². The van der Waals surface area contributed by atoms with E-state index in [0.29, 0.717) is 6.10 Å². The van der Waals surface area contributed by atoms with Gasteiger partial charge in [0.05, 0.1) is 11.8 Å². The summed E-state index contributed by atoms with van der Waals surface area (Å²) in [5.41, 5.74) is 2.41. The van der Waals surface area contributed by atoms with Gasteiger partial charge in [0, 0.05) is 25.9 Å². The number of hydrogen-bond acceptors (Lipinski definition) is 3. The summed E-state index contributed by atoms with van der Waals surface area (Å²) in [6.45, 7) is 5.36. The molecule has 1 aromatic heterocycles. The number of aromatic amines is 1. The highest BCUT2D eigenvalue weighted by atomic mass is 16.5. The number of H-pyrrole nitrogens is 1. The zero-order valence-corrected chi connectivity index (χ0v) is 10.9. The maximum atomic E-state index is 5.44. The molecule has 17 heavy (non-hydrogen) atoms. The van der Waals surface area contributed by atoms with E-state index in [-0.39, 0.29) is 0 Å². The minimum atomic E-state index is 0.404. The largest absolute Gasteiger partial charge is 0.380 e. The summed E-state index contributed by atoms with van der Waals surface area (Å²) in [5.74, 6) is 0. The molecule has 1 fully saturated rings. The van der Waals surface area contributed by atoms with Crippen molar-refractivity contribution in [3.8, 4) is 0 Å². The first-order valence-electron chi connectivity index (χ1n) is 6.60. The number of piperidine rings is 1. The molecule has 0 bridgehead atoms. The molecule has 1 atom stereocenters. The SMILES string of the molecule is CCCc1cc(CN2CCCC(OC)C2)[nH]n1. The van der Waals surface area contributed by atoms with Crippen LogP contribution in [0.2, 0.25) is 0 Å². The predicted octanol–water partition coefficient (Wildman–Crippen LogP) is 1.97. The fraction of sp³-hybridized carbons (Fsp3) is 0.769. The van der Waals surface area contributed by atoms with Gasteiger partial charge in [-0.1, -0.05) is 13.3 Å². The Kier molecular flexibility index (Phi) is 4.57. The minimum Gasteiger partial charge on any atom is -0.380 e. The number of hydrogen-bond donors (Lipinski definition) is 1. The van der Waals surface area contributed by atoms with Crippen LogP contribution in [-0.4, -0.2) is 41.4 Å². The van der Waals surface area contributed by atoms with Crippen molar-refractivity contribution in [3.63, 3.8) is 0 Å². The molecule has 0 aliphatic carbocycles. The monoisotopic (exact) mass is 237 g/mol. The van der Waals surface area contributed by atoms with Gasteiger partial charge in [0.2, 0.25) is 0 Å². The number of rotatable bonds is 5. The van der Waals surface area contributed by atoms with Gasteiger partial charge in [0.25, 0.3) is 0 Å². The average Bonchev–Trinajstić information content (AvgIpc) is 2.77. The molecule has 1 aromatic rings. The van der Waals surface area contributed by atoms with Crippen molar-refractivity contribution in [1.82, 2.24) is 15.1 Å². The van der Waals surface area contributed by atoms with Crippen molar-refractivity contribution in [2.75, 3.05) is 20.2 Å². The van der Waals surface area contributed by atoms with E-state index in [2.05, 4.69) is 28.1 Å². The Hall–Kier alpha value is -0.870. The summed E-state index contributed by atoms with van der Waals surface area (Å²) >= 11 is 0. The van der Waals surface area contributed by atoms with Gasteiger partial charge in [0.1, 0.15) is 0 Å². The Morgan fingerprint density at radius 3 is 3.24 bits per heavy atom. The van der Waals surface area contributed by atoms with Crippen LogP contribution >= 0.6 is 0 Å². The van der Waals surface area contributed by atoms with Gasteiger partial charge in [-0.3, -0.25) is 10.00 Å². The van der Waals surface area contributed by atoms with Crippen molar-refractivity contribution in [2.24, 2.45) is 0 Å². The highest BCUT2D eigenvalue weighted by molar-refractivity contribution is 5.08. The third kappa shape index (κ3) is 3.54. The molecule has 1 aliphatic heterocycles. The molecule has 0 saturated carbocycles. The molecule has 1 N–H and O–H groups in total. The van der Waals surface area contributed by atoms with E-state index in [4.69, 9.17) is 4.74 Å². The Balaban J connectivity index is 1.86. The number of nitrogens with one attached hydrogen (secondary N) is 1. The second-order valence-corrected chi connectivity index (χ2v) is 4.87. The first-order valence-corrected chi connectivity index (χ1v) is 6.60. The lowest BCUT2D eigenvalue weighted by Gasteiger charge is -2.31. The van der Waals surface area contributed by atoms with E-state index in [9.17, 15) is 0 Å². The quantitative estimate of drug-likeness (QED) is 0.851. The van der Waals surface area contributed by atoms with E-state index < -0.39 is 0 Å². The number of likely N-dealkylation sites (tertiary alicyclic amines) is 1. The Morgan fingerprint density at radius 1 is 1.59 bits per heavy atom. The summed E-state index contributed by atoms with van der Waals surface area (Å²) in [4.78, 5) is 2.45. The molecule has 1 saturated heterocycles. The lowest BCUT2D eigenvalue weighted by molar-refractivity contribution is 0.0281. The second-order valence-electron chi connectivity index (χ2n) is 4.87. The molecule has 4 nitrogen and oxygen atoms in total. The van der Waals surface area contributed by atoms with Gasteiger partial charge in [-0.05, 0) is 31.9 Å². The van der Waals surface area contributed by atoms with Crippen LogP contribution in [0.25, 0.3) is 0 Å². The van der Waals surface area contributed by atoms with Crippen LogP contribution in [0.3, 0.4) is 0 Å². The molecule has 0 spiro atoms. The van der Waals surface area contributed by atoms with Crippen LogP contribution in [0.15, 0.2) is 6.07 Å². The summed E-state index contributed by atoms with van der Waals surface area (Å²) in [6.07, 6.45) is 5.05. The first-order chi connectivity index (χ1) is 8.31. The molecule has 2 heterocycles. The van der Waals surface area contributed by atoms with E-state index in [1.165, 1.54) is 30.8 Å². The summed E-state index contributed by atoms with van der Waals surface area (Å²) in [5, 5.41) is 7.47. The standard InChI is InChI=1S/C13H23N3O/c1-3-5-11-8-12(15-14-11)9-16-7-4-6-13(10-16)17-2/h8,13H,3-7,9-10H2,1-2H3,(H,14,15). The highest BCUT2D eigenvalue weighted by Gasteiger charge is 2.19. The Bertz CT molecular complexity index is 337. The van der Waals surface area contributed by atoms with E-state index >= 15 is 0 Å². The number of ether oxygens (including phenoxy) is 1. The molecule has 1 aliphatic rings. The molecule has 1 unspecified atom stereocenters. The van der Waals surface area contributed by atoms with Gasteiger partial charge < -0.3 is 4.74 Å². The van der Waals surface area contributed by atoms with Gasteiger partial charge in [-0.25, -0.2) is 0 Å². The van der Waals surface area contributed by atoms with Gasteiger partial charge in [-0.2, -0.15) is 5.10 Å². The summed E-state index contributed by atoms with van der Waals surface area (Å²) < 4.78 is 5.44. The van der Waals surface area contributed by atoms with Crippen LogP contribution in [-0.2, 0) is 17.7 Å². The van der Waals surface area contributed by atoms with Gasteiger partial charge in [0.15, 0.2) is 0 Å². The topological polar surface area (TPSA) is 41.1 Å². The summed E-state index contributed by atoms with van der Waals surface area (Å²) in [6, 6.07) is 2.19. The molecule has 0 amide bonds. The van der Waals surface area contributed by atoms with Crippen LogP contribution in [0.5, 0.6) is 0 Å². The molecule has 0 radical (unpaired) electrons. The molecule has 4 heteroatoms. The van der Waals surface area contributed by atoms with Crippen LogP contribution in [0.1, 0.15) is 37.6 Å². The number of aromatic nitrogens is 2. The highest BCUT2D eigenvalue weighted by Crippen LogP contribution is 2.15. The van der Waals surface area contributed by atoms with Crippen LogP contribution < -0.4 is 0 Å². The van der Waals surface area contributed by atoms with Gasteiger partial charge >= 0.3 is 0 Å².